The van der Waals surface area contributed by atoms with Crippen molar-refractivity contribution in [3.05, 3.63) is 23.8 Å². The van der Waals surface area contributed by atoms with Crippen molar-refractivity contribution in [3.8, 4) is 5.75 Å². The van der Waals surface area contributed by atoms with Crippen molar-refractivity contribution in [2.45, 2.75) is 12.8 Å². The van der Waals surface area contributed by atoms with Gasteiger partial charge in [-0.15, -0.1) is 0 Å². The standard InChI is InChI=1S/C12H18N2O3/c1-17-11-8-9(4-5-10(11)13)12(16)14-6-2-3-7-15/h4-5,8,15H,2-3,6-7,13H2,1H3,(H,14,16). The Labute approximate surface area is 101 Å². The number of hydrogen-bond acceptors (Lipinski definition) is 4. The van der Waals surface area contributed by atoms with Crippen LogP contribution in [0.15, 0.2) is 18.2 Å². The van der Waals surface area contributed by atoms with Gasteiger partial charge in [0.2, 0.25) is 0 Å². The van der Waals surface area contributed by atoms with Gasteiger partial charge in [-0.2, -0.15) is 0 Å². The number of benzene rings is 1. The molecule has 0 spiro atoms. The Kier molecular flexibility index (Phi) is 5.29. The van der Waals surface area contributed by atoms with Crippen molar-refractivity contribution in [3.63, 3.8) is 0 Å². The Morgan fingerprint density at radius 2 is 2.24 bits per heavy atom. The number of carbonyl (C=O) groups is 1. The molecule has 0 atom stereocenters. The average Bonchev–Trinajstić information content (AvgIpc) is 2.35. The quantitative estimate of drug-likeness (QED) is 0.505. The summed E-state index contributed by atoms with van der Waals surface area (Å²) in [6, 6.07) is 4.90. The van der Waals surface area contributed by atoms with Gasteiger partial charge in [0.25, 0.3) is 5.91 Å². The number of methoxy groups -OCH3 is 1. The fourth-order valence-electron chi connectivity index (χ4n) is 1.39. The number of unbranched alkanes of at least 4 members (excludes halogenated alkanes) is 1. The van der Waals surface area contributed by atoms with Crippen LogP contribution >= 0.6 is 0 Å². The molecule has 4 N–H and O–H groups in total. The van der Waals surface area contributed by atoms with Crippen molar-refractivity contribution in [2.75, 3.05) is 26.0 Å². The third kappa shape index (κ3) is 3.96. The Balaban J connectivity index is 2.57. The van der Waals surface area contributed by atoms with Gasteiger partial charge in [-0.25, -0.2) is 0 Å². The molecule has 0 saturated carbocycles. The first-order valence-electron chi connectivity index (χ1n) is 5.51. The lowest BCUT2D eigenvalue weighted by Gasteiger charge is -2.08. The number of nitrogens with two attached hydrogens (primary N) is 1. The molecular weight excluding hydrogens is 220 g/mol. The third-order valence-corrected chi connectivity index (χ3v) is 2.37. The third-order valence-electron chi connectivity index (χ3n) is 2.37. The zero-order valence-electron chi connectivity index (χ0n) is 9.90. The number of aliphatic hydroxyl groups is 1. The van der Waals surface area contributed by atoms with E-state index in [4.69, 9.17) is 15.6 Å². The molecular formula is C12H18N2O3. The summed E-state index contributed by atoms with van der Waals surface area (Å²) in [4.78, 5) is 11.7. The van der Waals surface area contributed by atoms with Crippen LogP contribution in [0.5, 0.6) is 5.75 Å². The molecule has 17 heavy (non-hydrogen) atoms. The van der Waals surface area contributed by atoms with E-state index in [2.05, 4.69) is 5.32 Å². The fourth-order valence-corrected chi connectivity index (χ4v) is 1.39. The van der Waals surface area contributed by atoms with Crippen molar-refractivity contribution in [1.82, 2.24) is 5.32 Å². The minimum absolute atomic E-state index is 0.144. The molecule has 0 aromatic heterocycles. The van der Waals surface area contributed by atoms with E-state index in [1.807, 2.05) is 0 Å². The van der Waals surface area contributed by atoms with Crippen LogP contribution in [0.3, 0.4) is 0 Å². The summed E-state index contributed by atoms with van der Waals surface area (Å²) in [6.07, 6.45) is 1.44. The van der Waals surface area contributed by atoms with E-state index in [1.54, 1.807) is 18.2 Å². The lowest BCUT2D eigenvalue weighted by molar-refractivity contribution is 0.0952. The van der Waals surface area contributed by atoms with Crippen LogP contribution in [0.2, 0.25) is 0 Å². The second kappa shape index (κ2) is 6.75. The maximum Gasteiger partial charge on any atom is 0.251 e. The van der Waals surface area contributed by atoms with Crippen LogP contribution in [0, 0.1) is 0 Å². The van der Waals surface area contributed by atoms with Crippen molar-refractivity contribution in [2.24, 2.45) is 0 Å². The van der Waals surface area contributed by atoms with E-state index in [0.29, 0.717) is 30.0 Å². The zero-order chi connectivity index (χ0) is 12.7. The molecule has 0 aliphatic rings. The van der Waals surface area contributed by atoms with Crippen molar-refractivity contribution in [1.29, 1.82) is 0 Å². The van der Waals surface area contributed by atoms with Gasteiger partial charge in [0.05, 0.1) is 12.8 Å². The number of amides is 1. The summed E-state index contributed by atoms with van der Waals surface area (Å²) in [6.45, 7) is 0.692. The number of carbonyl (C=O) groups excluding carboxylic acids is 1. The highest BCUT2D eigenvalue weighted by molar-refractivity contribution is 5.95. The van der Waals surface area contributed by atoms with Crippen LogP contribution < -0.4 is 15.8 Å². The molecule has 0 saturated heterocycles. The molecule has 0 unspecified atom stereocenters. The normalized spacial score (nSPS) is 10.0. The van der Waals surface area contributed by atoms with Crippen LogP contribution in [-0.4, -0.2) is 31.3 Å². The van der Waals surface area contributed by atoms with Gasteiger partial charge >= 0.3 is 0 Å². The second-order valence-electron chi connectivity index (χ2n) is 3.64. The Hall–Kier alpha value is -1.75. The van der Waals surface area contributed by atoms with E-state index < -0.39 is 0 Å². The highest BCUT2D eigenvalue weighted by Gasteiger charge is 2.07. The number of ether oxygens (including phenoxy) is 1. The van der Waals surface area contributed by atoms with Gasteiger partial charge in [-0.1, -0.05) is 0 Å². The van der Waals surface area contributed by atoms with Crippen molar-refractivity contribution >= 4 is 11.6 Å². The summed E-state index contributed by atoms with van der Waals surface area (Å²) in [7, 11) is 1.51. The SMILES string of the molecule is COc1cc(C(=O)NCCCCO)ccc1N. The molecule has 0 heterocycles. The molecule has 0 fully saturated rings. The molecule has 5 nitrogen and oxygen atoms in total. The molecule has 0 aliphatic heterocycles. The van der Waals surface area contributed by atoms with E-state index in [-0.39, 0.29) is 12.5 Å². The Morgan fingerprint density at radius 3 is 2.88 bits per heavy atom. The number of nitrogens with one attached hydrogen (secondary N) is 1. The van der Waals surface area contributed by atoms with Crippen molar-refractivity contribution < 1.29 is 14.6 Å². The average molecular weight is 238 g/mol. The van der Waals surface area contributed by atoms with E-state index in [1.165, 1.54) is 7.11 Å². The Bertz CT molecular complexity index is 380. The zero-order valence-corrected chi connectivity index (χ0v) is 9.90. The molecule has 1 aromatic rings. The predicted molar refractivity (Wildman–Crippen MR) is 66.1 cm³/mol. The van der Waals surface area contributed by atoms with Crippen LogP contribution in [-0.2, 0) is 0 Å². The monoisotopic (exact) mass is 238 g/mol. The lowest BCUT2D eigenvalue weighted by atomic mass is 10.1. The highest BCUT2D eigenvalue weighted by atomic mass is 16.5. The molecule has 1 amide bonds. The van der Waals surface area contributed by atoms with Gasteiger partial charge in [0.15, 0.2) is 0 Å². The first-order valence-corrected chi connectivity index (χ1v) is 5.51. The summed E-state index contributed by atoms with van der Waals surface area (Å²) >= 11 is 0. The fraction of sp³-hybridized carbons (Fsp3) is 0.417. The second-order valence-corrected chi connectivity index (χ2v) is 3.64. The number of anilines is 1. The topological polar surface area (TPSA) is 84.6 Å². The molecule has 5 heteroatoms. The summed E-state index contributed by atoms with van der Waals surface area (Å²) in [5.74, 6) is 0.328. The summed E-state index contributed by atoms with van der Waals surface area (Å²) in [5.41, 5.74) is 6.67. The van der Waals surface area contributed by atoms with Gasteiger partial charge in [0.1, 0.15) is 5.75 Å². The number of nitrogen functional groups attached to an aromatic ring is 1. The summed E-state index contributed by atoms with van der Waals surface area (Å²) in [5, 5.41) is 11.4. The molecule has 1 aromatic carbocycles. The molecule has 1 rings (SSSR count). The molecule has 0 radical (unpaired) electrons. The first kappa shape index (κ1) is 13.3. The van der Waals surface area contributed by atoms with Crippen LogP contribution in [0.4, 0.5) is 5.69 Å². The van der Waals surface area contributed by atoms with Crippen LogP contribution in [0.25, 0.3) is 0 Å². The molecule has 0 aliphatic carbocycles. The van der Waals surface area contributed by atoms with Gasteiger partial charge in [0, 0.05) is 18.7 Å². The smallest absolute Gasteiger partial charge is 0.251 e. The largest absolute Gasteiger partial charge is 0.495 e. The van der Waals surface area contributed by atoms with Crippen LogP contribution in [0.1, 0.15) is 23.2 Å². The number of rotatable bonds is 6. The maximum atomic E-state index is 11.7. The Morgan fingerprint density at radius 1 is 1.47 bits per heavy atom. The maximum absolute atomic E-state index is 11.7. The number of hydrogen-bond donors (Lipinski definition) is 3. The first-order chi connectivity index (χ1) is 8.19. The van der Waals surface area contributed by atoms with E-state index in [9.17, 15) is 4.79 Å². The minimum atomic E-state index is -0.166. The lowest BCUT2D eigenvalue weighted by Crippen LogP contribution is -2.24. The summed E-state index contributed by atoms with van der Waals surface area (Å²) < 4.78 is 5.04. The number of aliphatic hydroxyl groups excluding tert-OH is 1. The predicted octanol–water partition coefficient (Wildman–Crippen LogP) is 0.780. The minimum Gasteiger partial charge on any atom is -0.495 e. The molecule has 94 valence electrons. The van der Waals surface area contributed by atoms with Gasteiger partial charge in [-0.05, 0) is 31.0 Å². The highest BCUT2D eigenvalue weighted by Crippen LogP contribution is 2.21. The van der Waals surface area contributed by atoms with E-state index >= 15 is 0 Å². The molecule has 0 bridgehead atoms. The van der Waals surface area contributed by atoms with E-state index in [0.717, 1.165) is 6.42 Å². The van der Waals surface area contributed by atoms with Gasteiger partial charge in [-0.3, -0.25) is 4.79 Å². The van der Waals surface area contributed by atoms with Gasteiger partial charge < -0.3 is 20.9 Å².